The molecule has 6 heteroatoms. The second-order valence-electron chi connectivity index (χ2n) is 4.53. The lowest BCUT2D eigenvalue weighted by atomic mass is 10.3. The van der Waals surface area contributed by atoms with Gasteiger partial charge in [0.05, 0.1) is 3.79 Å². The summed E-state index contributed by atoms with van der Waals surface area (Å²) >= 11 is 5.26. The highest BCUT2D eigenvalue weighted by atomic mass is 79.9. The summed E-state index contributed by atoms with van der Waals surface area (Å²) in [6, 6.07) is 4.24. The molecule has 2 N–H and O–H groups in total. The molecule has 20 heavy (non-hydrogen) atoms. The molecule has 2 aromatic heterocycles. The molecule has 0 spiro atoms. The van der Waals surface area contributed by atoms with Crippen LogP contribution in [-0.2, 0) is 6.42 Å². The molecule has 0 saturated carbocycles. The average Bonchev–Trinajstić information content (AvgIpc) is 2.85. The Morgan fingerprint density at radius 2 is 2.10 bits per heavy atom. The zero-order valence-corrected chi connectivity index (χ0v) is 14.1. The lowest BCUT2D eigenvalue weighted by molar-refractivity contribution is 0.944. The standard InChI is InChI=1S/C14H19BrN4S/c1-3-7-17-14-18-9-10(2)13(19-14)16-8-6-11-4-5-12(15)20-11/h4-5,9H,3,6-8H2,1-2H3,(H2,16,17,18,19). The van der Waals surface area contributed by atoms with Gasteiger partial charge in [0.25, 0.3) is 0 Å². The Hall–Kier alpha value is -1.14. The van der Waals surface area contributed by atoms with Crippen LogP contribution in [0.1, 0.15) is 23.8 Å². The molecule has 0 aliphatic heterocycles. The lowest BCUT2D eigenvalue weighted by Crippen LogP contribution is -2.10. The fourth-order valence-electron chi connectivity index (χ4n) is 1.73. The largest absolute Gasteiger partial charge is 0.369 e. The number of anilines is 2. The third-order valence-corrected chi connectivity index (χ3v) is 4.48. The van der Waals surface area contributed by atoms with Crippen molar-refractivity contribution in [1.82, 2.24) is 9.97 Å². The van der Waals surface area contributed by atoms with Gasteiger partial charge in [-0.25, -0.2) is 4.98 Å². The molecule has 0 unspecified atom stereocenters. The van der Waals surface area contributed by atoms with Gasteiger partial charge in [-0.15, -0.1) is 11.3 Å². The Labute approximate surface area is 132 Å². The Balaban J connectivity index is 1.90. The van der Waals surface area contributed by atoms with Crippen molar-refractivity contribution in [2.75, 3.05) is 23.7 Å². The van der Waals surface area contributed by atoms with Crippen LogP contribution in [0.3, 0.4) is 0 Å². The predicted molar refractivity (Wildman–Crippen MR) is 89.8 cm³/mol. The van der Waals surface area contributed by atoms with Crippen LogP contribution in [-0.4, -0.2) is 23.1 Å². The molecular formula is C14H19BrN4S. The van der Waals surface area contributed by atoms with E-state index in [9.17, 15) is 0 Å². The first-order chi connectivity index (χ1) is 9.69. The van der Waals surface area contributed by atoms with E-state index in [0.29, 0.717) is 5.95 Å². The molecule has 2 heterocycles. The normalized spacial score (nSPS) is 10.6. The fraction of sp³-hybridized carbons (Fsp3) is 0.429. The quantitative estimate of drug-likeness (QED) is 0.786. The minimum atomic E-state index is 0.693. The molecule has 0 fully saturated rings. The molecule has 0 amide bonds. The first-order valence-electron chi connectivity index (χ1n) is 6.74. The second kappa shape index (κ2) is 7.59. The number of aromatic nitrogens is 2. The van der Waals surface area contributed by atoms with E-state index >= 15 is 0 Å². The molecule has 0 saturated heterocycles. The Bertz CT molecular complexity index is 556. The number of hydrogen-bond donors (Lipinski definition) is 2. The van der Waals surface area contributed by atoms with Crippen LogP contribution in [0.2, 0.25) is 0 Å². The Morgan fingerprint density at radius 1 is 1.25 bits per heavy atom. The summed E-state index contributed by atoms with van der Waals surface area (Å²) in [4.78, 5) is 10.1. The van der Waals surface area contributed by atoms with Gasteiger partial charge in [-0.1, -0.05) is 6.92 Å². The van der Waals surface area contributed by atoms with Crippen molar-refractivity contribution in [3.8, 4) is 0 Å². The van der Waals surface area contributed by atoms with Crippen molar-refractivity contribution in [3.63, 3.8) is 0 Å². The second-order valence-corrected chi connectivity index (χ2v) is 7.08. The van der Waals surface area contributed by atoms with Gasteiger partial charge in [0.2, 0.25) is 5.95 Å². The summed E-state index contributed by atoms with van der Waals surface area (Å²) in [5.74, 6) is 1.60. The summed E-state index contributed by atoms with van der Waals surface area (Å²) in [6.45, 7) is 5.91. The van der Waals surface area contributed by atoms with Crippen LogP contribution < -0.4 is 10.6 Å². The molecule has 0 atom stereocenters. The summed E-state index contributed by atoms with van der Waals surface area (Å²) in [7, 11) is 0. The van der Waals surface area contributed by atoms with Gasteiger partial charge >= 0.3 is 0 Å². The maximum atomic E-state index is 4.51. The summed E-state index contributed by atoms with van der Waals surface area (Å²) in [5, 5.41) is 6.59. The molecule has 108 valence electrons. The molecule has 4 nitrogen and oxygen atoms in total. The smallest absolute Gasteiger partial charge is 0.224 e. The Kier molecular flexibility index (Phi) is 5.79. The molecule has 0 bridgehead atoms. The van der Waals surface area contributed by atoms with E-state index in [-0.39, 0.29) is 0 Å². The van der Waals surface area contributed by atoms with Gasteiger partial charge in [-0.2, -0.15) is 4.98 Å². The van der Waals surface area contributed by atoms with E-state index in [1.807, 2.05) is 13.1 Å². The van der Waals surface area contributed by atoms with Gasteiger partial charge in [0.15, 0.2) is 0 Å². The van der Waals surface area contributed by atoms with Gasteiger partial charge in [-0.3, -0.25) is 0 Å². The van der Waals surface area contributed by atoms with Crippen molar-refractivity contribution in [3.05, 3.63) is 32.6 Å². The number of rotatable bonds is 7. The first kappa shape index (κ1) is 15.3. The maximum Gasteiger partial charge on any atom is 0.224 e. The monoisotopic (exact) mass is 354 g/mol. The van der Waals surface area contributed by atoms with Crippen molar-refractivity contribution in [2.24, 2.45) is 0 Å². The summed E-state index contributed by atoms with van der Waals surface area (Å²) in [5.41, 5.74) is 1.07. The van der Waals surface area contributed by atoms with Crippen LogP contribution in [0, 0.1) is 6.92 Å². The van der Waals surface area contributed by atoms with Gasteiger partial charge in [0, 0.05) is 29.7 Å². The van der Waals surface area contributed by atoms with Crippen LogP contribution >= 0.6 is 27.3 Å². The minimum absolute atomic E-state index is 0.693. The molecular weight excluding hydrogens is 336 g/mol. The van der Waals surface area contributed by atoms with Crippen molar-refractivity contribution >= 4 is 39.0 Å². The lowest BCUT2D eigenvalue weighted by Gasteiger charge is -2.10. The topological polar surface area (TPSA) is 49.8 Å². The Morgan fingerprint density at radius 3 is 2.80 bits per heavy atom. The van der Waals surface area contributed by atoms with E-state index in [1.54, 1.807) is 11.3 Å². The van der Waals surface area contributed by atoms with E-state index in [1.165, 1.54) is 8.66 Å². The summed E-state index contributed by atoms with van der Waals surface area (Å²) < 4.78 is 1.18. The van der Waals surface area contributed by atoms with Crippen molar-refractivity contribution in [1.29, 1.82) is 0 Å². The average molecular weight is 355 g/mol. The number of nitrogens with one attached hydrogen (secondary N) is 2. The van der Waals surface area contributed by atoms with E-state index in [4.69, 9.17) is 0 Å². The van der Waals surface area contributed by atoms with Crippen molar-refractivity contribution in [2.45, 2.75) is 26.7 Å². The number of halogens is 1. The fourth-order valence-corrected chi connectivity index (χ4v) is 3.22. The molecule has 2 aromatic rings. The van der Waals surface area contributed by atoms with Gasteiger partial charge < -0.3 is 10.6 Å². The van der Waals surface area contributed by atoms with E-state index < -0.39 is 0 Å². The highest BCUT2D eigenvalue weighted by molar-refractivity contribution is 9.11. The van der Waals surface area contributed by atoms with Gasteiger partial charge in [-0.05, 0) is 47.8 Å². The van der Waals surface area contributed by atoms with Crippen LogP contribution in [0.4, 0.5) is 11.8 Å². The SMILES string of the molecule is CCCNc1ncc(C)c(NCCc2ccc(Br)s2)n1. The van der Waals surface area contributed by atoms with Crippen LogP contribution in [0.5, 0.6) is 0 Å². The molecule has 2 rings (SSSR count). The third kappa shape index (κ3) is 4.45. The summed E-state index contributed by atoms with van der Waals surface area (Å²) in [6.07, 6.45) is 3.92. The first-order valence-corrected chi connectivity index (χ1v) is 8.35. The van der Waals surface area contributed by atoms with Gasteiger partial charge in [0.1, 0.15) is 5.82 Å². The molecule has 0 aliphatic rings. The molecule has 0 aliphatic carbocycles. The number of thiophene rings is 1. The molecule has 0 aromatic carbocycles. The van der Waals surface area contributed by atoms with E-state index in [2.05, 4.69) is 55.6 Å². The molecule has 0 radical (unpaired) electrons. The zero-order chi connectivity index (χ0) is 14.4. The highest BCUT2D eigenvalue weighted by Crippen LogP contribution is 2.22. The van der Waals surface area contributed by atoms with Crippen LogP contribution in [0.25, 0.3) is 0 Å². The number of hydrogen-bond acceptors (Lipinski definition) is 5. The van der Waals surface area contributed by atoms with E-state index in [0.717, 1.165) is 37.3 Å². The van der Waals surface area contributed by atoms with Crippen molar-refractivity contribution < 1.29 is 0 Å². The van der Waals surface area contributed by atoms with Crippen LogP contribution in [0.15, 0.2) is 22.1 Å². The minimum Gasteiger partial charge on any atom is -0.369 e. The number of aryl methyl sites for hydroxylation is 1. The third-order valence-electron chi connectivity index (χ3n) is 2.80. The predicted octanol–water partition coefficient (Wildman–Crippen LogP) is 4.09. The maximum absolute atomic E-state index is 4.51. The number of nitrogens with zero attached hydrogens (tertiary/aromatic N) is 2. The zero-order valence-electron chi connectivity index (χ0n) is 11.7. The highest BCUT2D eigenvalue weighted by Gasteiger charge is 2.04.